The van der Waals surface area contributed by atoms with Gasteiger partial charge in [-0.25, -0.2) is 18.1 Å². The fourth-order valence-corrected chi connectivity index (χ4v) is 2.49. The average molecular weight is 250 g/mol. The van der Waals surface area contributed by atoms with Crippen LogP contribution < -0.4 is 4.72 Å². The third-order valence-corrected chi connectivity index (χ3v) is 3.92. The van der Waals surface area contributed by atoms with Gasteiger partial charge < -0.3 is 5.11 Å². The number of aryl methyl sites for hydroxylation is 1. The Hall–Kier alpha value is -0.500. The van der Waals surface area contributed by atoms with E-state index in [9.17, 15) is 8.42 Å². The summed E-state index contributed by atoms with van der Waals surface area (Å²) in [6.45, 7) is 1.88. The molecule has 0 saturated heterocycles. The van der Waals surface area contributed by atoms with Crippen molar-refractivity contribution in [3.63, 3.8) is 0 Å². The largest absolute Gasteiger partial charge is 0.395 e. The molecule has 15 heavy (non-hydrogen) atoms. The van der Waals surface area contributed by atoms with Crippen LogP contribution in [0.15, 0.2) is 5.38 Å². The van der Waals surface area contributed by atoms with Gasteiger partial charge in [0.15, 0.2) is 0 Å². The van der Waals surface area contributed by atoms with Crippen molar-refractivity contribution in [2.75, 3.05) is 18.9 Å². The Morgan fingerprint density at radius 3 is 2.87 bits per heavy atom. The number of nitrogens with zero attached hydrogens (tertiary/aromatic N) is 1. The van der Waals surface area contributed by atoms with Crippen LogP contribution in [-0.2, 0) is 16.4 Å². The zero-order valence-corrected chi connectivity index (χ0v) is 10.1. The van der Waals surface area contributed by atoms with E-state index in [2.05, 4.69) is 9.71 Å². The molecule has 0 atom stereocenters. The van der Waals surface area contributed by atoms with Crippen molar-refractivity contribution >= 4 is 21.4 Å². The number of thiazole rings is 1. The van der Waals surface area contributed by atoms with Crippen LogP contribution in [0.1, 0.15) is 10.7 Å². The van der Waals surface area contributed by atoms with Gasteiger partial charge in [0.2, 0.25) is 10.0 Å². The Labute approximate surface area is 93.2 Å². The number of sulfonamides is 1. The van der Waals surface area contributed by atoms with Crippen molar-refractivity contribution in [2.24, 2.45) is 0 Å². The maximum atomic E-state index is 11.1. The fourth-order valence-electron chi connectivity index (χ4n) is 1.05. The van der Waals surface area contributed by atoms with Crippen LogP contribution in [0, 0.1) is 6.92 Å². The smallest absolute Gasteiger partial charge is 0.213 e. The topological polar surface area (TPSA) is 79.3 Å². The van der Waals surface area contributed by atoms with E-state index in [4.69, 9.17) is 5.11 Å². The summed E-state index contributed by atoms with van der Waals surface area (Å²) in [6.07, 6.45) is 0.578. The summed E-state index contributed by atoms with van der Waals surface area (Å²) in [7, 11) is -3.32. The Bertz CT molecular complexity index is 400. The third-order valence-electron chi connectivity index (χ3n) is 1.73. The van der Waals surface area contributed by atoms with Crippen molar-refractivity contribution in [2.45, 2.75) is 13.3 Å². The highest BCUT2D eigenvalue weighted by Gasteiger charge is 2.08. The minimum Gasteiger partial charge on any atom is -0.395 e. The summed E-state index contributed by atoms with van der Waals surface area (Å²) in [5, 5.41) is 11.4. The first-order valence-electron chi connectivity index (χ1n) is 4.53. The highest BCUT2D eigenvalue weighted by Crippen LogP contribution is 2.07. The average Bonchev–Trinajstić information content (AvgIpc) is 2.51. The monoisotopic (exact) mass is 250 g/mol. The lowest BCUT2D eigenvalue weighted by molar-refractivity contribution is 0.319. The van der Waals surface area contributed by atoms with E-state index in [0.717, 1.165) is 10.7 Å². The lowest BCUT2D eigenvalue weighted by Gasteiger charge is -2.03. The van der Waals surface area contributed by atoms with Gasteiger partial charge in [0.1, 0.15) is 0 Å². The Morgan fingerprint density at radius 2 is 2.33 bits per heavy atom. The van der Waals surface area contributed by atoms with Gasteiger partial charge in [-0.2, -0.15) is 0 Å². The van der Waals surface area contributed by atoms with Crippen LogP contribution in [0.5, 0.6) is 0 Å². The maximum Gasteiger partial charge on any atom is 0.213 e. The molecule has 0 fully saturated rings. The molecule has 0 bridgehead atoms. The van der Waals surface area contributed by atoms with E-state index < -0.39 is 10.0 Å². The van der Waals surface area contributed by atoms with E-state index in [1.807, 2.05) is 12.3 Å². The fraction of sp³-hybridized carbons (Fsp3) is 0.625. The summed E-state index contributed by atoms with van der Waals surface area (Å²) in [4.78, 5) is 4.21. The Kier molecular flexibility index (Phi) is 4.65. The van der Waals surface area contributed by atoms with Gasteiger partial charge in [-0.05, 0) is 6.92 Å². The summed E-state index contributed by atoms with van der Waals surface area (Å²) >= 11 is 1.54. The maximum absolute atomic E-state index is 11.1. The number of hydrogen-bond acceptors (Lipinski definition) is 5. The van der Waals surface area contributed by atoms with Crippen LogP contribution in [0.4, 0.5) is 0 Å². The summed E-state index contributed by atoms with van der Waals surface area (Å²) in [6, 6.07) is 0. The molecule has 1 heterocycles. The van der Waals surface area contributed by atoms with Crippen LogP contribution >= 0.6 is 11.3 Å². The predicted molar refractivity (Wildman–Crippen MR) is 59.4 cm³/mol. The minimum absolute atomic E-state index is 0.247. The molecule has 1 aromatic heterocycles. The molecular formula is C8H14N2O3S2. The number of nitrogens with one attached hydrogen (secondary N) is 1. The number of aliphatic hydroxyl groups excluding tert-OH is 1. The van der Waals surface area contributed by atoms with Crippen LogP contribution in [-0.4, -0.2) is 37.4 Å². The van der Waals surface area contributed by atoms with Crippen molar-refractivity contribution in [3.8, 4) is 0 Å². The molecule has 0 unspecified atom stereocenters. The highest BCUT2D eigenvalue weighted by atomic mass is 32.2. The van der Waals surface area contributed by atoms with E-state index in [0.29, 0.717) is 13.0 Å². The molecule has 1 aromatic rings. The first-order valence-corrected chi connectivity index (χ1v) is 7.06. The minimum atomic E-state index is -3.32. The molecule has 0 amide bonds. The summed E-state index contributed by atoms with van der Waals surface area (Å²) in [5.74, 6) is -0.247. The molecule has 2 N–H and O–H groups in total. The Balaban J connectivity index is 2.33. The number of rotatable bonds is 6. The number of aromatic nitrogens is 1. The van der Waals surface area contributed by atoms with Gasteiger partial charge in [-0.15, -0.1) is 11.3 Å². The molecular weight excluding hydrogens is 236 g/mol. The van der Waals surface area contributed by atoms with E-state index in [-0.39, 0.29) is 12.4 Å². The van der Waals surface area contributed by atoms with E-state index in [1.165, 1.54) is 0 Å². The van der Waals surface area contributed by atoms with Gasteiger partial charge in [0.25, 0.3) is 0 Å². The molecule has 0 aromatic carbocycles. The van der Waals surface area contributed by atoms with Crippen LogP contribution in [0.3, 0.4) is 0 Å². The zero-order chi connectivity index (χ0) is 11.3. The number of hydrogen-bond donors (Lipinski definition) is 2. The predicted octanol–water partition coefficient (Wildman–Crippen LogP) is -0.0943. The second kappa shape index (κ2) is 5.55. The number of aliphatic hydroxyl groups is 1. The van der Waals surface area contributed by atoms with Crippen LogP contribution in [0.25, 0.3) is 0 Å². The van der Waals surface area contributed by atoms with Crippen molar-refractivity contribution in [3.05, 3.63) is 16.1 Å². The molecule has 0 aliphatic heterocycles. The molecule has 0 spiro atoms. The Morgan fingerprint density at radius 1 is 1.60 bits per heavy atom. The normalized spacial score (nSPS) is 11.9. The zero-order valence-electron chi connectivity index (χ0n) is 8.43. The van der Waals surface area contributed by atoms with Crippen molar-refractivity contribution in [1.29, 1.82) is 0 Å². The lowest BCUT2D eigenvalue weighted by atomic mass is 10.3. The van der Waals surface area contributed by atoms with Gasteiger partial charge in [-0.1, -0.05) is 0 Å². The summed E-state index contributed by atoms with van der Waals surface area (Å²) < 4.78 is 24.7. The molecule has 0 aliphatic rings. The molecule has 1 rings (SSSR count). The quantitative estimate of drug-likeness (QED) is 0.739. The van der Waals surface area contributed by atoms with Crippen molar-refractivity contribution < 1.29 is 13.5 Å². The first-order chi connectivity index (χ1) is 7.03. The van der Waals surface area contributed by atoms with Gasteiger partial charge in [-0.3, -0.25) is 0 Å². The van der Waals surface area contributed by atoms with Gasteiger partial charge in [0.05, 0.1) is 23.1 Å². The molecule has 0 aliphatic carbocycles. The van der Waals surface area contributed by atoms with Crippen molar-refractivity contribution in [1.82, 2.24) is 9.71 Å². The van der Waals surface area contributed by atoms with Crippen LogP contribution in [0.2, 0.25) is 0 Å². The molecule has 86 valence electrons. The summed E-state index contributed by atoms with van der Waals surface area (Å²) in [5.41, 5.74) is 0.893. The molecule has 5 nitrogen and oxygen atoms in total. The second-order valence-corrected chi connectivity index (χ2v) is 6.03. The molecule has 0 radical (unpaired) electrons. The highest BCUT2D eigenvalue weighted by molar-refractivity contribution is 7.89. The lowest BCUT2D eigenvalue weighted by Crippen LogP contribution is -2.29. The van der Waals surface area contributed by atoms with Gasteiger partial charge >= 0.3 is 0 Å². The third kappa shape index (κ3) is 4.70. The SMILES string of the molecule is Cc1nc(CCNS(=O)(=O)CCO)cs1. The first kappa shape index (κ1) is 12.6. The standard InChI is InChI=1S/C8H14N2O3S2/c1-7-10-8(6-14-7)2-3-9-15(12,13)5-4-11/h6,9,11H,2-5H2,1H3. The molecule has 0 saturated carbocycles. The molecule has 7 heteroatoms. The van der Waals surface area contributed by atoms with Gasteiger partial charge in [0, 0.05) is 18.3 Å². The van der Waals surface area contributed by atoms with E-state index in [1.54, 1.807) is 11.3 Å². The second-order valence-electron chi connectivity index (χ2n) is 3.04. The van der Waals surface area contributed by atoms with E-state index >= 15 is 0 Å².